The van der Waals surface area contributed by atoms with Gasteiger partial charge in [0.15, 0.2) is 11.5 Å². The average molecular weight is 487 g/mol. The van der Waals surface area contributed by atoms with E-state index in [4.69, 9.17) is 9.47 Å². The monoisotopic (exact) mass is 486 g/mol. The number of hydrazone groups is 1. The van der Waals surface area contributed by atoms with Crippen LogP contribution in [-0.4, -0.2) is 36.4 Å². The van der Waals surface area contributed by atoms with Gasteiger partial charge in [-0.2, -0.15) is 10.1 Å². The van der Waals surface area contributed by atoms with Crippen LogP contribution < -0.4 is 14.5 Å². The highest BCUT2D eigenvalue weighted by atomic mass is 79.9. The summed E-state index contributed by atoms with van der Waals surface area (Å²) in [6, 6.07) is 9.76. The fourth-order valence-electron chi connectivity index (χ4n) is 3.08. The molecule has 0 saturated carbocycles. The summed E-state index contributed by atoms with van der Waals surface area (Å²) in [4.78, 5) is 24.3. The molecule has 0 aromatic heterocycles. The maximum Gasteiger partial charge on any atom is 0.335 e. The number of halogens is 1. The Hall–Kier alpha value is -3.13. The first kappa shape index (κ1) is 22.6. The van der Waals surface area contributed by atoms with Gasteiger partial charge in [0.05, 0.1) is 40.7 Å². The van der Waals surface area contributed by atoms with Crippen LogP contribution in [0.25, 0.3) is 6.08 Å². The molecule has 0 bridgehead atoms. The van der Waals surface area contributed by atoms with Gasteiger partial charge < -0.3 is 14.6 Å². The van der Waals surface area contributed by atoms with E-state index in [1.165, 1.54) is 17.1 Å². The molecular weight excluding hydrogens is 464 g/mol. The number of anilines is 1. The number of carbonyl (C=O) groups excluding carboxylic acids is 1. The zero-order valence-electron chi connectivity index (χ0n) is 17.5. The van der Waals surface area contributed by atoms with Gasteiger partial charge in [0.25, 0.3) is 5.91 Å². The first-order valence-electron chi connectivity index (χ1n) is 9.81. The Morgan fingerprint density at radius 1 is 1.29 bits per heavy atom. The molecule has 0 fully saturated rings. The molecule has 7 nitrogen and oxygen atoms in total. The Morgan fingerprint density at radius 2 is 2.06 bits per heavy atom. The van der Waals surface area contributed by atoms with E-state index in [0.29, 0.717) is 35.1 Å². The summed E-state index contributed by atoms with van der Waals surface area (Å²) in [6.45, 7) is 4.41. The van der Waals surface area contributed by atoms with Crippen LogP contribution >= 0.6 is 15.9 Å². The zero-order chi connectivity index (χ0) is 22.5. The number of nitrogens with zero attached hydrogens (tertiary/aromatic N) is 2. The third kappa shape index (κ3) is 4.96. The van der Waals surface area contributed by atoms with E-state index in [-0.39, 0.29) is 11.5 Å². The van der Waals surface area contributed by atoms with Crippen LogP contribution in [0.5, 0.6) is 11.5 Å². The van der Waals surface area contributed by atoms with Crippen molar-refractivity contribution in [2.45, 2.75) is 26.7 Å². The van der Waals surface area contributed by atoms with Gasteiger partial charge in [-0.1, -0.05) is 19.4 Å². The molecule has 31 heavy (non-hydrogen) atoms. The van der Waals surface area contributed by atoms with Crippen LogP contribution in [0.2, 0.25) is 0 Å². The van der Waals surface area contributed by atoms with Crippen molar-refractivity contribution < 1.29 is 24.2 Å². The zero-order valence-corrected chi connectivity index (χ0v) is 19.1. The van der Waals surface area contributed by atoms with Crippen LogP contribution in [0.3, 0.4) is 0 Å². The van der Waals surface area contributed by atoms with Crippen LogP contribution in [0, 0.1) is 0 Å². The van der Waals surface area contributed by atoms with E-state index in [1.807, 2.05) is 6.07 Å². The number of hydrogen-bond acceptors (Lipinski definition) is 5. The Labute approximate surface area is 189 Å². The summed E-state index contributed by atoms with van der Waals surface area (Å²) in [7, 11) is 1.57. The molecule has 162 valence electrons. The van der Waals surface area contributed by atoms with Crippen molar-refractivity contribution in [1.29, 1.82) is 0 Å². The number of methoxy groups -OCH3 is 1. The van der Waals surface area contributed by atoms with Crippen LogP contribution in [0.4, 0.5) is 5.69 Å². The van der Waals surface area contributed by atoms with E-state index < -0.39 is 5.97 Å². The molecule has 1 aliphatic rings. The van der Waals surface area contributed by atoms with Crippen LogP contribution in [0.15, 0.2) is 51.5 Å². The Balaban J connectivity index is 1.91. The van der Waals surface area contributed by atoms with Gasteiger partial charge in [-0.15, -0.1) is 0 Å². The molecule has 1 N–H and O–H groups in total. The van der Waals surface area contributed by atoms with Crippen LogP contribution in [0.1, 0.15) is 42.6 Å². The minimum absolute atomic E-state index is 0.0860. The van der Waals surface area contributed by atoms with Gasteiger partial charge in [-0.05, 0) is 71.2 Å². The van der Waals surface area contributed by atoms with E-state index in [9.17, 15) is 14.7 Å². The molecular formula is C23H23BrN2O5. The summed E-state index contributed by atoms with van der Waals surface area (Å²) in [5.41, 5.74) is 2.16. The van der Waals surface area contributed by atoms with Gasteiger partial charge >= 0.3 is 5.97 Å². The quantitative estimate of drug-likeness (QED) is 0.412. The average Bonchev–Trinajstić information content (AvgIpc) is 3.03. The number of carboxylic acids is 1. The van der Waals surface area contributed by atoms with Gasteiger partial charge in [-0.25, -0.2) is 4.79 Å². The SMILES string of the molecule is CCCCOc1c(Br)cc(/C=C2/C(=O)N(c3cccc(C(=O)O)c3)N=C2C)cc1OC. The van der Waals surface area contributed by atoms with Crippen molar-refractivity contribution in [2.75, 3.05) is 18.7 Å². The molecule has 3 rings (SSSR count). The van der Waals surface area contributed by atoms with Crippen molar-refractivity contribution >= 4 is 45.3 Å². The summed E-state index contributed by atoms with van der Waals surface area (Å²) in [5, 5.41) is 14.7. The van der Waals surface area contributed by atoms with Crippen LogP contribution in [-0.2, 0) is 4.79 Å². The van der Waals surface area contributed by atoms with Gasteiger partial charge in [-0.3, -0.25) is 4.79 Å². The van der Waals surface area contributed by atoms with Gasteiger partial charge in [0, 0.05) is 0 Å². The maximum absolute atomic E-state index is 13.0. The van der Waals surface area contributed by atoms with E-state index in [2.05, 4.69) is 28.0 Å². The topological polar surface area (TPSA) is 88.4 Å². The normalized spacial score (nSPS) is 14.7. The number of amides is 1. The standard InChI is InChI=1S/C23H23BrN2O5/c1-4-5-9-31-21-19(24)11-15(12-20(21)30-3)10-18-14(2)25-26(22(18)27)17-8-6-7-16(13-17)23(28)29/h6-8,10-13H,4-5,9H2,1-3H3,(H,28,29)/b18-10+. The molecule has 8 heteroatoms. The van der Waals surface area contributed by atoms with Crippen molar-refractivity contribution in [2.24, 2.45) is 5.10 Å². The molecule has 0 spiro atoms. The first-order valence-corrected chi connectivity index (χ1v) is 10.6. The number of aromatic carboxylic acids is 1. The fraction of sp³-hybridized carbons (Fsp3) is 0.261. The predicted molar refractivity (Wildman–Crippen MR) is 123 cm³/mol. The molecule has 0 aliphatic carbocycles. The third-order valence-corrected chi connectivity index (χ3v) is 5.30. The second kappa shape index (κ2) is 9.78. The summed E-state index contributed by atoms with van der Waals surface area (Å²) in [6.07, 6.45) is 3.69. The van der Waals surface area contributed by atoms with Gasteiger partial charge in [0.1, 0.15) is 0 Å². The van der Waals surface area contributed by atoms with Gasteiger partial charge in [0.2, 0.25) is 0 Å². The molecule has 1 heterocycles. The largest absolute Gasteiger partial charge is 0.493 e. The lowest BCUT2D eigenvalue weighted by Crippen LogP contribution is -2.21. The molecule has 2 aromatic rings. The molecule has 1 amide bonds. The van der Waals surface area contributed by atoms with Crippen molar-refractivity contribution in [3.05, 3.63) is 57.6 Å². The van der Waals surface area contributed by atoms with Crippen molar-refractivity contribution in [1.82, 2.24) is 0 Å². The highest BCUT2D eigenvalue weighted by molar-refractivity contribution is 9.10. The minimum Gasteiger partial charge on any atom is -0.493 e. The number of hydrogen-bond donors (Lipinski definition) is 1. The summed E-state index contributed by atoms with van der Waals surface area (Å²) < 4.78 is 12.0. The second-order valence-corrected chi connectivity index (χ2v) is 7.81. The molecule has 0 atom stereocenters. The Morgan fingerprint density at radius 3 is 2.74 bits per heavy atom. The highest BCUT2D eigenvalue weighted by Crippen LogP contribution is 2.38. The maximum atomic E-state index is 13.0. The van der Waals surface area contributed by atoms with Crippen molar-refractivity contribution in [3.8, 4) is 11.5 Å². The third-order valence-electron chi connectivity index (χ3n) is 4.71. The number of carboxylic acid groups (broad SMARTS) is 1. The lowest BCUT2D eigenvalue weighted by molar-refractivity contribution is -0.114. The summed E-state index contributed by atoms with van der Waals surface area (Å²) in [5.74, 6) is -0.224. The first-order chi connectivity index (χ1) is 14.8. The number of ether oxygens (including phenoxy) is 2. The molecule has 1 aliphatic heterocycles. The minimum atomic E-state index is -1.07. The smallest absolute Gasteiger partial charge is 0.335 e. The number of rotatable bonds is 8. The molecule has 0 unspecified atom stereocenters. The lowest BCUT2D eigenvalue weighted by atomic mass is 10.1. The van der Waals surface area contributed by atoms with Crippen molar-refractivity contribution in [3.63, 3.8) is 0 Å². The Kier molecular flexibility index (Phi) is 7.12. The number of unbranched alkanes of at least 4 members (excludes halogenated alkanes) is 1. The number of benzene rings is 2. The second-order valence-electron chi connectivity index (χ2n) is 6.95. The molecule has 0 radical (unpaired) electrons. The molecule has 0 saturated heterocycles. The Bertz CT molecular complexity index is 1080. The predicted octanol–water partition coefficient (Wildman–Crippen LogP) is 5.14. The van der Waals surface area contributed by atoms with E-state index in [1.54, 1.807) is 38.3 Å². The summed E-state index contributed by atoms with van der Waals surface area (Å²) >= 11 is 3.53. The van der Waals surface area contributed by atoms with E-state index >= 15 is 0 Å². The van der Waals surface area contributed by atoms with E-state index in [0.717, 1.165) is 22.9 Å². The molecule has 2 aromatic carbocycles. The lowest BCUT2D eigenvalue weighted by Gasteiger charge is -2.14. The number of carbonyl (C=O) groups is 2. The fourth-order valence-corrected chi connectivity index (χ4v) is 3.65. The highest BCUT2D eigenvalue weighted by Gasteiger charge is 2.29.